The molecule has 1 fully saturated rings. The molecule has 0 atom stereocenters. The fraction of sp³-hybridized carbons (Fsp3) is 0.769. The molecule has 1 aliphatic rings. The fourth-order valence-electron chi connectivity index (χ4n) is 2.33. The number of unbranched alkanes of at least 4 members (excludes halogenated alkanes) is 3. The van der Waals surface area contributed by atoms with Gasteiger partial charge in [0, 0.05) is 45.1 Å². The number of piperazine rings is 1. The Labute approximate surface area is 104 Å². The van der Waals surface area contributed by atoms with Gasteiger partial charge in [0.15, 0.2) is 0 Å². The molecule has 1 saturated heterocycles. The molecule has 0 bridgehead atoms. The predicted molar refractivity (Wildman–Crippen MR) is 71.5 cm³/mol. The maximum absolute atomic E-state index is 4.50. The lowest BCUT2D eigenvalue weighted by molar-refractivity contribution is 0.544. The monoisotopic (exact) mass is 236 g/mol. The Kier molecular flexibility index (Phi) is 4.86. The number of aromatic nitrogens is 2. The lowest BCUT2D eigenvalue weighted by Gasteiger charge is -2.28. The zero-order chi connectivity index (χ0) is 11.9. The molecule has 0 radical (unpaired) electrons. The van der Waals surface area contributed by atoms with E-state index in [1.807, 2.05) is 6.20 Å². The second-order valence-electron chi connectivity index (χ2n) is 4.72. The predicted octanol–water partition coefficient (Wildman–Crippen LogP) is 1.87. The van der Waals surface area contributed by atoms with Gasteiger partial charge in [-0.3, -0.25) is 0 Å². The maximum atomic E-state index is 4.50. The van der Waals surface area contributed by atoms with Gasteiger partial charge in [0.1, 0.15) is 0 Å². The molecule has 0 unspecified atom stereocenters. The molecule has 2 heterocycles. The summed E-state index contributed by atoms with van der Waals surface area (Å²) in [4.78, 5) is 6.89. The summed E-state index contributed by atoms with van der Waals surface area (Å²) < 4.78 is 2.31. The van der Waals surface area contributed by atoms with Crippen LogP contribution in [0, 0.1) is 0 Å². The Balaban J connectivity index is 1.87. The van der Waals surface area contributed by atoms with Crippen molar-refractivity contribution in [2.75, 3.05) is 31.1 Å². The molecule has 1 aliphatic heterocycles. The van der Waals surface area contributed by atoms with E-state index in [-0.39, 0.29) is 0 Å². The minimum absolute atomic E-state index is 1.07. The number of anilines is 1. The molecule has 4 nitrogen and oxygen atoms in total. The van der Waals surface area contributed by atoms with E-state index < -0.39 is 0 Å². The van der Waals surface area contributed by atoms with Crippen LogP contribution < -0.4 is 10.2 Å². The van der Waals surface area contributed by atoms with E-state index in [0.29, 0.717) is 0 Å². The first kappa shape index (κ1) is 12.4. The molecule has 17 heavy (non-hydrogen) atoms. The van der Waals surface area contributed by atoms with Gasteiger partial charge in [-0.25, -0.2) is 4.98 Å². The zero-order valence-corrected chi connectivity index (χ0v) is 10.9. The van der Waals surface area contributed by atoms with Crippen molar-refractivity contribution in [1.29, 1.82) is 0 Å². The number of nitrogens with one attached hydrogen (secondary N) is 1. The van der Waals surface area contributed by atoms with Gasteiger partial charge in [-0.05, 0) is 6.42 Å². The minimum Gasteiger partial charge on any atom is -0.340 e. The smallest absolute Gasteiger partial charge is 0.205 e. The third kappa shape index (κ3) is 3.46. The Morgan fingerprint density at radius 3 is 2.82 bits per heavy atom. The van der Waals surface area contributed by atoms with E-state index in [9.17, 15) is 0 Å². The molecule has 0 aromatic carbocycles. The molecule has 0 saturated carbocycles. The van der Waals surface area contributed by atoms with E-state index in [2.05, 4.69) is 32.9 Å². The molecule has 0 spiro atoms. The summed E-state index contributed by atoms with van der Waals surface area (Å²) in [7, 11) is 0. The second kappa shape index (κ2) is 6.64. The first-order chi connectivity index (χ1) is 8.42. The van der Waals surface area contributed by atoms with E-state index in [1.165, 1.54) is 25.7 Å². The number of nitrogens with zero attached hydrogens (tertiary/aromatic N) is 3. The normalized spacial score (nSPS) is 16.4. The summed E-state index contributed by atoms with van der Waals surface area (Å²) in [5.74, 6) is 1.16. The zero-order valence-electron chi connectivity index (χ0n) is 10.9. The lowest BCUT2D eigenvalue weighted by Crippen LogP contribution is -2.44. The molecule has 4 heteroatoms. The van der Waals surface area contributed by atoms with Gasteiger partial charge in [0.25, 0.3) is 0 Å². The standard InChI is InChI=1S/C13H24N4/c1-2-3-4-5-9-16-12-8-15-13(16)17-10-6-14-7-11-17/h8,12,14H,2-7,9-11H2,1H3. The molecule has 2 rings (SSSR count). The second-order valence-corrected chi connectivity index (χ2v) is 4.72. The van der Waals surface area contributed by atoms with Gasteiger partial charge >= 0.3 is 0 Å². The number of rotatable bonds is 6. The summed E-state index contributed by atoms with van der Waals surface area (Å²) in [6.45, 7) is 7.66. The quantitative estimate of drug-likeness (QED) is 0.766. The van der Waals surface area contributed by atoms with Crippen LogP contribution in [0.5, 0.6) is 0 Å². The van der Waals surface area contributed by atoms with Gasteiger partial charge in [-0.1, -0.05) is 26.2 Å². The summed E-state index contributed by atoms with van der Waals surface area (Å²) >= 11 is 0. The largest absolute Gasteiger partial charge is 0.340 e. The molecular weight excluding hydrogens is 212 g/mol. The van der Waals surface area contributed by atoms with Crippen molar-refractivity contribution in [2.45, 2.75) is 39.2 Å². The average Bonchev–Trinajstić information content (AvgIpc) is 2.84. The molecule has 0 amide bonds. The van der Waals surface area contributed by atoms with Crippen LogP contribution in [0.2, 0.25) is 0 Å². The van der Waals surface area contributed by atoms with Crippen molar-refractivity contribution >= 4 is 5.95 Å². The highest BCUT2D eigenvalue weighted by Gasteiger charge is 2.14. The van der Waals surface area contributed by atoms with Crippen molar-refractivity contribution < 1.29 is 0 Å². The van der Waals surface area contributed by atoms with Crippen molar-refractivity contribution in [3.8, 4) is 0 Å². The van der Waals surface area contributed by atoms with E-state index in [1.54, 1.807) is 0 Å². The van der Waals surface area contributed by atoms with Gasteiger partial charge < -0.3 is 14.8 Å². The van der Waals surface area contributed by atoms with Crippen molar-refractivity contribution in [3.63, 3.8) is 0 Å². The number of hydrogen-bond donors (Lipinski definition) is 1. The van der Waals surface area contributed by atoms with Crippen LogP contribution in [-0.4, -0.2) is 35.7 Å². The number of imidazole rings is 1. The molecule has 96 valence electrons. The van der Waals surface area contributed by atoms with Crippen LogP contribution in [0.4, 0.5) is 5.95 Å². The topological polar surface area (TPSA) is 33.1 Å². The average molecular weight is 236 g/mol. The Hall–Kier alpha value is -1.03. The van der Waals surface area contributed by atoms with E-state index >= 15 is 0 Å². The lowest BCUT2D eigenvalue weighted by atomic mass is 10.2. The summed E-state index contributed by atoms with van der Waals surface area (Å²) in [6.07, 6.45) is 9.28. The first-order valence-corrected chi connectivity index (χ1v) is 6.88. The number of hydrogen-bond acceptors (Lipinski definition) is 3. The summed E-state index contributed by atoms with van der Waals surface area (Å²) in [5.41, 5.74) is 0. The highest BCUT2D eigenvalue weighted by molar-refractivity contribution is 5.32. The third-order valence-electron chi connectivity index (χ3n) is 3.35. The highest BCUT2D eigenvalue weighted by Crippen LogP contribution is 2.13. The SMILES string of the molecule is CCCCCCn1ccnc1N1CCNCC1. The van der Waals surface area contributed by atoms with Crippen LogP contribution >= 0.6 is 0 Å². The van der Waals surface area contributed by atoms with Gasteiger partial charge in [0.05, 0.1) is 0 Å². The fourth-order valence-corrected chi connectivity index (χ4v) is 2.33. The van der Waals surface area contributed by atoms with Crippen LogP contribution in [0.1, 0.15) is 32.6 Å². The molecule has 1 aromatic heterocycles. The van der Waals surface area contributed by atoms with Crippen molar-refractivity contribution in [1.82, 2.24) is 14.9 Å². The van der Waals surface area contributed by atoms with Crippen molar-refractivity contribution in [2.24, 2.45) is 0 Å². The first-order valence-electron chi connectivity index (χ1n) is 6.88. The maximum Gasteiger partial charge on any atom is 0.205 e. The summed E-state index contributed by atoms with van der Waals surface area (Å²) in [5, 5.41) is 3.38. The molecule has 0 aliphatic carbocycles. The van der Waals surface area contributed by atoms with Crippen LogP contribution in [-0.2, 0) is 6.54 Å². The van der Waals surface area contributed by atoms with Crippen LogP contribution in [0.15, 0.2) is 12.4 Å². The minimum atomic E-state index is 1.07. The Morgan fingerprint density at radius 1 is 1.24 bits per heavy atom. The number of aryl methyl sites for hydroxylation is 1. The van der Waals surface area contributed by atoms with E-state index in [4.69, 9.17) is 0 Å². The van der Waals surface area contributed by atoms with Gasteiger partial charge in [0.2, 0.25) is 5.95 Å². The third-order valence-corrected chi connectivity index (χ3v) is 3.35. The molecule has 1 aromatic rings. The summed E-state index contributed by atoms with van der Waals surface area (Å²) in [6, 6.07) is 0. The molecular formula is C13H24N4. The Morgan fingerprint density at radius 2 is 2.06 bits per heavy atom. The Bertz CT molecular complexity index is 315. The van der Waals surface area contributed by atoms with Gasteiger partial charge in [-0.2, -0.15) is 0 Å². The van der Waals surface area contributed by atoms with Crippen LogP contribution in [0.25, 0.3) is 0 Å². The highest BCUT2D eigenvalue weighted by atomic mass is 15.3. The van der Waals surface area contributed by atoms with Crippen LogP contribution in [0.3, 0.4) is 0 Å². The van der Waals surface area contributed by atoms with E-state index in [0.717, 1.165) is 38.7 Å². The molecule has 1 N–H and O–H groups in total. The van der Waals surface area contributed by atoms with Gasteiger partial charge in [-0.15, -0.1) is 0 Å². The van der Waals surface area contributed by atoms with Crippen molar-refractivity contribution in [3.05, 3.63) is 12.4 Å².